The minimum atomic E-state index is 0.250. The van der Waals surface area contributed by atoms with Crippen molar-refractivity contribution in [1.82, 2.24) is 5.32 Å². The molecule has 0 radical (unpaired) electrons. The average Bonchev–Trinajstić information content (AvgIpc) is 2.49. The monoisotopic (exact) mass is 352 g/mol. The summed E-state index contributed by atoms with van der Waals surface area (Å²) in [6.45, 7) is 13.7. The molecule has 0 amide bonds. The molecule has 1 saturated heterocycles. The SMILES string of the molecule is CCC1(CC)CN(c2cc(Br)ccc2C)C(C(C)C)CN1. The predicted molar refractivity (Wildman–Crippen MR) is 96.2 cm³/mol. The highest BCUT2D eigenvalue weighted by Crippen LogP contribution is 2.33. The number of rotatable bonds is 4. The van der Waals surface area contributed by atoms with Crippen molar-refractivity contribution in [1.29, 1.82) is 0 Å². The van der Waals surface area contributed by atoms with Crippen LogP contribution in [0.2, 0.25) is 0 Å². The molecule has 118 valence electrons. The molecule has 3 heteroatoms. The maximum Gasteiger partial charge on any atom is 0.0438 e. The van der Waals surface area contributed by atoms with Gasteiger partial charge in [-0.05, 0) is 43.4 Å². The first kappa shape index (κ1) is 16.8. The lowest BCUT2D eigenvalue weighted by Gasteiger charge is -2.50. The molecule has 0 bridgehead atoms. The number of piperazine rings is 1. The van der Waals surface area contributed by atoms with Gasteiger partial charge in [0, 0.05) is 34.8 Å². The average molecular weight is 353 g/mol. The van der Waals surface area contributed by atoms with Crippen molar-refractivity contribution in [3.8, 4) is 0 Å². The van der Waals surface area contributed by atoms with Gasteiger partial charge in [0.05, 0.1) is 0 Å². The maximum absolute atomic E-state index is 3.84. The Labute approximate surface area is 138 Å². The summed E-state index contributed by atoms with van der Waals surface area (Å²) < 4.78 is 1.17. The Bertz CT molecular complexity index is 480. The number of halogens is 1. The smallest absolute Gasteiger partial charge is 0.0438 e. The van der Waals surface area contributed by atoms with Crippen molar-refractivity contribution in [3.05, 3.63) is 28.2 Å². The Kier molecular flexibility index (Phi) is 5.37. The number of aryl methyl sites for hydroxylation is 1. The molecule has 1 aliphatic rings. The van der Waals surface area contributed by atoms with Gasteiger partial charge in [-0.3, -0.25) is 0 Å². The summed E-state index contributed by atoms with van der Waals surface area (Å²) in [6.07, 6.45) is 2.36. The third-order valence-electron chi connectivity index (χ3n) is 5.16. The molecule has 0 aliphatic carbocycles. The van der Waals surface area contributed by atoms with E-state index in [1.54, 1.807) is 0 Å². The van der Waals surface area contributed by atoms with Crippen LogP contribution in [0.3, 0.4) is 0 Å². The van der Waals surface area contributed by atoms with E-state index in [1.807, 2.05) is 0 Å². The molecule has 1 heterocycles. The minimum absolute atomic E-state index is 0.250. The lowest BCUT2D eigenvalue weighted by molar-refractivity contribution is 0.227. The van der Waals surface area contributed by atoms with Gasteiger partial charge < -0.3 is 10.2 Å². The summed E-state index contributed by atoms with van der Waals surface area (Å²) in [5.41, 5.74) is 3.00. The van der Waals surface area contributed by atoms with Crippen molar-refractivity contribution >= 4 is 21.6 Å². The number of nitrogens with zero attached hydrogens (tertiary/aromatic N) is 1. The fraction of sp³-hybridized carbons (Fsp3) is 0.667. The molecule has 1 aromatic rings. The highest BCUT2D eigenvalue weighted by atomic mass is 79.9. The fourth-order valence-corrected chi connectivity index (χ4v) is 3.75. The highest BCUT2D eigenvalue weighted by Gasteiger charge is 2.38. The van der Waals surface area contributed by atoms with Gasteiger partial charge in [-0.15, -0.1) is 0 Å². The summed E-state index contributed by atoms with van der Waals surface area (Å²) in [7, 11) is 0. The molecule has 1 N–H and O–H groups in total. The van der Waals surface area contributed by atoms with Crippen LogP contribution in [0, 0.1) is 12.8 Å². The Hall–Kier alpha value is -0.540. The molecule has 21 heavy (non-hydrogen) atoms. The molecular formula is C18H29BrN2. The molecule has 0 aromatic heterocycles. The summed E-state index contributed by atoms with van der Waals surface area (Å²) in [6, 6.07) is 7.20. The van der Waals surface area contributed by atoms with Gasteiger partial charge >= 0.3 is 0 Å². The van der Waals surface area contributed by atoms with Gasteiger partial charge in [-0.25, -0.2) is 0 Å². The molecule has 2 nitrogen and oxygen atoms in total. The van der Waals surface area contributed by atoms with E-state index in [9.17, 15) is 0 Å². The summed E-state index contributed by atoms with van der Waals surface area (Å²) >= 11 is 3.64. The number of anilines is 1. The molecule has 0 saturated carbocycles. The van der Waals surface area contributed by atoms with Crippen LogP contribution >= 0.6 is 15.9 Å². The number of hydrogen-bond acceptors (Lipinski definition) is 2. The number of benzene rings is 1. The third kappa shape index (κ3) is 3.45. The van der Waals surface area contributed by atoms with Gasteiger partial charge in [0.1, 0.15) is 0 Å². The topological polar surface area (TPSA) is 15.3 Å². The fourth-order valence-electron chi connectivity index (χ4n) is 3.41. The molecular weight excluding hydrogens is 324 g/mol. The minimum Gasteiger partial charge on any atom is -0.365 e. The second kappa shape index (κ2) is 6.70. The second-order valence-corrected chi connectivity index (χ2v) is 7.65. The van der Waals surface area contributed by atoms with E-state index in [0.29, 0.717) is 12.0 Å². The predicted octanol–water partition coefficient (Wildman–Crippen LogP) is 4.75. The quantitative estimate of drug-likeness (QED) is 0.840. The van der Waals surface area contributed by atoms with E-state index in [1.165, 1.54) is 28.6 Å². The molecule has 1 atom stereocenters. The lowest BCUT2D eigenvalue weighted by Crippen LogP contribution is -2.65. The molecule has 1 fully saturated rings. The van der Waals surface area contributed by atoms with Gasteiger partial charge in [0.15, 0.2) is 0 Å². The van der Waals surface area contributed by atoms with Crippen molar-refractivity contribution in [3.63, 3.8) is 0 Å². The zero-order chi connectivity index (χ0) is 15.6. The van der Waals surface area contributed by atoms with E-state index >= 15 is 0 Å². The maximum atomic E-state index is 3.84. The normalized spacial score (nSPS) is 21.9. The summed E-state index contributed by atoms with van der Waals surface area (Å²) in [5.74, 6) is 0.641. The van der Waals surface area contributed by atoms with Crippen LogP contribution in [0.15, 0.2) is 22.7 Å². The van der Waals surface area contributed by atoms with Crippen LogP contribution in [0.25, 0.3) is 0 Å². The Morgan fingerprint density at radius 1 is 1.33 bits per heavy atom. The molecule has 0 spiro atoms. The van der Waals surface area contributed by atoms with Crippen LogP contribution in [-0.4, -0.2) is 24.7 Å². The molecule has 2 rings (SSSR count). The van der Waals surface area contributed by atoms with Crippen LogP contribution < -0.4 is 10.2 Å². The second-order valence-electron chi connectivity index (χ2n) is 6.74. The van der Waals surface area contributed by atoms with Crippen molar-refractivity contribution in [2.45, 2.75) is 59.0 Å². The summed E-state index contributed by atoms with van der Waals surface area (Å²) in [4.78, 5) is 2.65. The summed E-state index contributed by atoms with van der Waals surface area (Å²) in [5, 5.41) is 3.84. The Balaban J connectivity index is 2.40. The Morgan fingerprint density at radius 2 is 2.00 bits per heavy atom. The van der Waals surface area contributed by atoms with E-state index in [2.05, 4.69) is 79.0 Å². The number of nitrogens with one attached hydrogen (secondary N) is 1. The zero-order valence-corrected chi connectivity index (χ0v) is 15.6. The van der Waals surface area contributed by atoms with Crippen molar-refractivity contribution < 1.29 is 0 Å². The van der Waals surface area contributed by atoms with Gasteiger partial charge in [0.25, 0.3) is 0 Å². The Morgan fingerprint density at radius 3 is 2.57 bits per heavy atom. The van der Waals surface area contributed by atoms with Crippen LogP contribution in [0.1, 0.15) is 46.1 Å². The first-order valence-electron chi connectivity index (χ1n) is 8.20. The van der Waals surface area contributed by atoms with Crippen LogP contribution in [0.5, 0.6) is 0 Å². The van der Waals surface area contributed by atoms with Crippen molar-refractivity contribution in [2.24, 2.45) is 5.92 Å². The van der Waals surface area contributed by atoms with Gasteiger partial charge in [-0.1, -0.05) is 49.7 Å². The first-order valence-corrected chi connectivity index (χ1v) is 8.99. The van der Waals surface area contributed by atoms with Crippen LogP contribution in [-0.2, 0) is 0 Å². The third-order valence-corrected chi connectivity index (χ3v) is 5.66. The zero-order valence-electron chi connectivity index (χ0n) is 14.0. The van der Waals surface area contributed by atoms with Gasteiger partial charge in [0.2, 0.25) is 0 Å². The standard InChI is InChI=1S/C18H29BrN2/c1-6-18(7-2)12-21(17(11-20-18)13(3)4)16-10-15(19)9-8-14(16)5/h8-10,13,17,20H,6-7,11-12H2,1-5H3. The molecule has 1 aliphatic heterocycles. The molecule has 1 aromatic carbocycles. The van der Waals surface area contributed by atoms with E-state index in [-0.39, 0.29) is 5.54 Å². The highest BCUT2D eigenvalue weighted by molar-refractivity contribution is 9.10. The largest absolute Gasteiger partial charge is 0.365 e. The number of hydrogen-bond donors (Lipinski definition) is 1. The lowest BCUT2D eigenvalue weighted by atomic mass is 9.85. The van der Waals surface area contributed by atoms with Gasteiger partial charge in [-0.2, -0.15) is 0 Å². The van der Waals surface area contributed by atoms with E-state index in [4.69, 9.17) is 0 Å². The van der Waals surface area contributed by atoms with E-state index < -0.39 is 0 Å². The molecule has 1 unspecified atom stereocenters. The van der Waals surface area contributed by atoms with E-state index in [0.717, 1.165) is 13.1 Å². The van der Waals surface area contributed by atoms with Crippen LogP contribution in [0.4, 0.5) is 5.69 Å². The first-order chi connectivity index (χ1) is 9.92. The van der Waals surface area contributed by atoms with Crippen molar-refractivity contribution in [2.75, 3.05) is 18.0 Å².